The fraction of sp³-hybridized carbons (Fsp3) is 0.536. The maximum atomic E-state index is 12.2. The molecule has 0 aliphatic carbocycles. The third-order valence-corrected chi connectivity index (χ3v) is 5.58. The van der Waals surface area contributed by atoms with Gasteiger partial charge in [0, 0.05) is 6.42 Å². The Labute approximate surface area is 189 Å². The van der Waals surface area contributed by atoms with Crippen LogP contribution in [-0.4, -0.2) is 12.6 Å². The van der Waals surface area contributed by atoms with Crippen molar-refractivity contribution >= 4 is 5.97 Å². The topological polar surface area (TPSA) is 35.5 Å². The highest BCUT2D eigenvalue weighted by Gasteiger charge is 2.12. The quantitative estimate of drug-likeness (QED) is 0.213. The summed E-state index contributed by atoms with van der Waals surface area (Å²) in [5.74, 6) is 0.810. The monoisotopic (exact) mass is 424 g/mol. The molecule has 0 heterocycles. The molecule has 2 aromatic carbocycles. The Bertz CT molecular complexity index is 734. The molecule has 0 bridgehead atoms. The number of ether oxygens (including phenoxy) is 2. The molecular formula is C28H40O3. The van der Waals surface area contributed by atoms with E-state index in [1.54, 1.807) is 0 Å². The molecular weight excluding hydrogens is 384 g/mol. The molecule has 31 heavy (non-hydrogen) atoms. The third kappa shape index (κ3) is 9.59. The van der Waals surface area contributed by atoms with Crippen LogP contribution in [0.3, 0.4) is 0 Å². The molecule has 170 valence electrons. The standard InChI is InChI=1S/C28H40O3/c1-4-6-7-8-9-10-11-12-13-28(29)31-23(3)24-14-16-25(17-15-24)26-18-20-27(21-19-26)30-22-5-2/h14-21,23H,4-13,22H2,1-3H3. The second-order valence-corrected chi connectivity index (χ2v) is 8.35. The number of benzene rings is 2. The number of hydrogen-bond acceptors (Lipinski definition) is 3. The van der Waals surface area contributed by atoms with Gasteiger partial charge in [-0.25, -0.2) is 0 Å². The van der Waals surface area contributed by atoms with Crippen LogP contribution in [0.15, 0.2) is 48.5 Å². The zero-order valence-electron chi connectivity index (χ0n) is 19.7. The van der Waals surface area contributed by atoms with Gasteiger partial charge in [-0.2, -0.15) is 0 Å². The van der Waals surface area contributed by atoms with E-state index < -0.39 is 0 Å². The maximum absolute atomic E-state index is 12.2. The summed E-state index contributed by atoms with van der Waals surface area (Å²) in [5.41, 5.74) is 3.31. The summed E-state index contributed by atoms with van der Waals surface area (Å²) >= 11 is 0. The van der Waals surface area contributed by atoms with E-state index in [0.717, 1.165) is 48.3 Å². The van der Waals surface area contributed by atoms with Crippen LogP contribution >= 0.6 is 0 Å². The lowest BCUT2D eigenvalue weighted by molar-refractivity contribution is -0.148. The van der Waals surface area contributed by atoms with E-state index in [1.165, 1.54) is 38.5 Å². The van der Waals surface area contributed by atoms with Gasteiger partial charge >= 0.3 is 5.97 Å². The second-order valence-electron chi connectivity index (χ2n) is 8.35. The van der Waals surface area contributed by atoms with Crippen LogP contribution in [0.25, 0.3) is 11.1 Å². The Morgan fingerprint density at radius 1 is 0.742 bits per heavy atom. The highest BCUT2D eigenvalue weighted by Crippen LogP contribution is 2.25. The van der Waals surface area contributed by atoms with E-state index >= 15 is 0 Å². The Morgan fingerprint density at radius 2 is 1.29 bits per heavy atom. The van der Waals surface area contributed by atoms with E-state index in [9.17, 15) is 4.79 Å². The van der Waals surface area contributed by atoms with Gasteiger partial charge in [0.05, 0.1) is 6.61 Å². The molecule has 0 aromatic heterocycles. The number of rotatable bonds is 15. The van der Waals surface area contributed by atoms with E-state index in [-0.39, 0.29) is 12.1 Å². The van der Waals surface area contributed by atoms with Crippen molar-refractivity contribution in [3.63, 3.8) is 0 Å². The van der Waals surface area contributed by atoms with Gasteiger partial charge in [-0.05, 0) is 48.6 Å². The van der Waals surface area contributed by atoms with Crippen molar-refractivity contribution in [1.82, 2.24) is 0 Å². The highest BCUT2D eigenvalue weighted by molar-refractivity contribution is 5.69. The molecule has 0 N–H and O–H groups in total. The minimum absolute atomic E-state index is 0.0924. The third-order valence-electron chi connectivity index (χ3n) is 5.58. The van der Waals surface area contributed by atoms with Crippen molar-refractivity contribution in [3.05, 3.63) is 54.1 Å². The van der Waals surface area contributed by atoms with Crippen molar-refractivity contribution in [2.75, 3.05) is 6.61 Å². The van der Waals surface area contributed by atoms with Gasteiger partial charge in [0.2, 0.25) is 0 Å². The molecule has 0 spiro atoms. The molecule has 2 aromatic rings. The number of unbranched alkanes of at least 4 members (excludes halogenated alkanes) is 7. The fourth-order valence-corrected chi connectivity index (χ4v) is 3.64. The summed E-state index contributed by atoms with van der Waals surface area (Å²) in [6, 6.07) is 16.4. The first-order chi connectivity index (χ1) is 15.1. The van der Waals surface area contributed by atoms with Crippen LogP contribution in [0, 0.1) is 0 Å². The van der Waals surface area contributed by atoms with Gasteiger partial charge in [-0.15, -0.1) is 0 Å². The molecule has 0 amide bonds. The summed E-state index contributed by atoms with van der Waals surface area (Å²) in [7, 11) is 0. The lowest BCUT2D eigenvalue weighted by Gasteiger charge is -2.14. The van der Waals surface area contributed by atoms with Gasteiger partial charge in [0.25, 0.3) is 0 Å². The smallest absolute Gasteiger partial charge is 0.306 e. The Balaban J connectivity index is 1.72. The lowest BCUT2D eigenvalue weighted by atomic mass is 10.0. The van der Waals surface area contributed by atoms with Gasteiger partial charge in [0.1, 0.15) is 11.9 Å². The van der Waals surface area contributed by atoms with Crippen molar-refractivity contribution in [2.45, 2.75) is 91.1 Å². The zero-order chi connectivity index (χ0) is 22.3. The Hall–Kier alpha value is -2.29. The van der Waals surface area contributed by atoms with Crippen molar-refractivity contribution < 1.29 is 14.3 Å². The molecule has 0 aliphatic rings. The molecule has 0 saturated heterocycles. The van der Waals surface area contributed by atoms with E-state index in [2.05, 4.69) is 38.1 Å². The van der Waals surface area contributed by atoms with Crippen molar-refractivity contribution in [3.8, 4) is 16.9 Å². The minimum Gasteiger partial charge on any atom is -0.494 e. The van der Waals surface area contributed by atoms with E-state index in [1.807, 2.05) is 31.2 Å². The average Bonchev–Trinajstić information content (AvgIpc) is 2.80. The normalized spacial score (nSPS) is 11.8. The number of carbonyl (C=O) groups is 1. The predicted molar refractivity (Wildman–Crippen MR) is 129 cm³/mol. The lowest BCUT2D eigenvalue weighted by Crippen LogP contribution is -2.08. The minimum atomic E-state index is -0.222. The molecule has 0 aliphatic heterocycles. The number of hydrogen-bond donors (Lipinski definition) is 0. The van der Waals surface area contributed by atoms with Crippen molar-refractivity contribution in [2.24, 2.45) is 0 Å². The predicted octanol–water partition coefficient (Wildman–Crippen LogP) is 8.28. The Kier molecular flexibility index (Phi) is 11.8. The van der Waals surface area contributed by atoms with Crippen LogP contribution in [-0.2, 0) is 9.53 Å². The molecule has 3 nitrogen and oxygen atoms in total. The first kappa shape index (κ1) is 25.0. The Morgan fingerprint density at radius 3 is 1.87 bits per heavy atom. The molecule has 1 unspecified atom stereocenters. The molecule has 0 fully saturated rings. The van der Waals surface area contributed by atoms with Gasteiger partial charge in [-0.1, -0.05) is 95.2 Å². The highest BCUT2D eigenvalue weighted by atomic mass is 16.5. The maximum Gasteiger partial charge on any atom is 0.306 e. The van der Waals surface area contributed by atoms with E-state index in [4.69, 9.17) is 9.47 Å². The summed E-state index contributed by atoms with van der Waals surface area (Å²) in [5, 5.41) is 0. The van der Waals surface area contributed by atoms with Crippen molar-refractivity contribution in [1.29, 1.82) is 0 Å². The van der Waals surface area contributed by atoms with Gasteiger partial charge < -0.3 is 9.47 Å². The number of carbonyl (C=O) groups excluding carboxylic acids is 1. The van der Waals surface area contributed by atoms with E-state index in [0.29, 0.717) is 6.42 Å². The second kappa shape index (κ2) is 14.7. The molecule has 1 atom stereocenters. The summed E-state index contributed by atoms with van der Waals surface area (Å²) in [6.07, 6.45) is 11.1. The van der Waals surface area contributed by atoms with Crippen LogP contribution in [0.2, 0.25) is 0 Å². The summed E-state index contributed by atoms with van der Waals surface area (Å²) < 4.78 is 11.3. The van der Waals surface area contributed by atoms with Gasteiger partial charge in [-0.3, -0.25) is 4.79 Å². The molecule has 0 saturated carbocycles. The average molecular weight is 425 g/mol. The molecule has 3 heteroatoms. The fourth-order valence-electron chi connectivity index (χ4n) is 3.64. The van der Waals surface area contributed by atoms with Crippen LogP contribution in [0.4, 0.5) is 0 Å². The summed E-state index contributed by atoms with van der Waals surface area (Å²) in [6.45, 7) is 7.03. The largest absolute Gasteiger partial charge is 0.494 e. The van der Waals surface area contributed by atoms with Crippen LogP contribution in [0.5, 0.6) is 5.75 Å². The zero-order valence-corrected chi connectivity index (χ0v) is 19.7. The number of esters is 1. The first-order valence-corrected chi connectivity index (χ1v) is 12.2. The van der Waals surface area contributed by atoms with Crippen LogP contribution in [0.1, 0.15) is 96.6 Å². The first-order valence-electron chi connectivity index (χ1n) is 12.2. The van der Waals surface area contributed by atoms with Crippen LogP contribution < -0.4 is 4.74 Å². The van der Waals surface area contributed by atoms with Gasteiger partial charge in [0.15, 0.2) is 0 Å². The SMILES string of the molecule is CCCCCCCCCCC(=O)OC(C)c1ccc(-c2ccc(OCCC)cc2)cc1. The summed E-state index contributed by atoms with van der Waals surface area (Å²) in [4.78, 5) is 12.2. The molecule has 2 rings (SSSR count). The molecule has 0 radical (unpaired) electrons.